The van der Waals surface area contributed by atoms with Crippen molar-refractivity contribution >= 4 is 15.9 Å². The van der Waals surface area contributed by atoms with Crippen molar-refractivity contribution in [2.45, 2.75) is 25.4 Å². The second-order valence-electron chi connectivity index (χ2n) is 4.99. The van der Waals surface area contributed by atoms with Crippen LogP contribution in [-0.4, -0.2) is 15.7 Å². The summed E-state index contributed by atoms with van der Waals surface area (Å²) in [5, 5.41) is 10.4. The molecule has 0 amide bonds. The van der Waals surface area contributed by atoms with Crippen LogP contribution in [0.1, 0.15) is 18.1 Å². The fourth-order valence-corrected chi connectivity index (χ4v) is 2.51. The van der Waals surface area contributed by atoms with Gasteiger partial charge in [-0.15, -0.1) is 0 Å². The molecule has 2 aromatic rings. The Morgan fingerprint density at radius 2 is 1.79 bits per heavy atom. The normalized spacial score (nSPS) is 14.1. The van der Waals surface area contributed by atoms with Gasteiger partial charge >= 0.3 is 0 Å². The number of benzene rings is 1. The molecule has 2 rings (SSSR count). The molecule has 0 saturated carbocycles. The zero-order chi connectivity index (χ0) is 13.9. The fraction of sp³-hybridized carbons (Fsp3) is 0.267. The quantitative estimate of drug-likeness (QED) is 0.933. The first-order valence-corrected chi connectivity index (χ1v) is 6.80. The van der Waals surface area contributed by atoms with Crippen LogP contribution < -0.4 is 0 Å². The van der Waals surface area contributed by atoms with Crippen molar-refractivity contribution in [2.24, 2.45) is 0 Å². The Hall–Kier alpha value is -1.26. The summed E-state index contributed by atoms with van der Waals surface area (Å²) in [6.07, 6.45) is 4.42. The van der Waals surface area contributed by atoms with Crippen LogP contribution >= 0.6 is 15.9 Å². The highest BCUT2D eigenvalue weighted by Gasteiger charge is 2.21. The monoisotopic (exact) mass is 323 g/mol. The van der Waals surface area contributed by atoms with Crippen molar-refractivity contribution in [3.05, 3.63) is 64.1 Å². The summed E-state index contributed by atoms with van der Waals surface area (Å²) in [5.74, 6) is -0.264. The predicted octanol–water partition coefficient (Wildman–Crippen LogP) is 3.52. The third-order valence-corrected chi connectivity index (χ3v) is 3.28. The Bertz CT molecular complexity index is 554. The first-order valence-electron chi connectivity index (χ1n) is 6.01. The van der Waals surface area contributed by atoms with Gasteiger partial charge in [-0.25, -0.2) is 4.39 Å². The highest BCUT2D eigenvalue weighted by atomic mass is 79.9. The average Bonchev–Trinajstić information content (AvgIpc) is 2.31. The molecule has 0 radical (unpaired) electrons. The number of aliphatic hydroxyl groups is 1. The van der Waals surface area contributed by atoms with E-state index in [1.54, 1.807) is 31.5 Å². The van der Waals surface area contributed by atoms with Gasteiger partial charge in [-0.1, -0.05) is 12.1 Å². The molecule has 1 aromatic heterocycles. The van der Waals surface area contributed by atoms with Gasteiger partial charge in [0.15, 0.2) is 0 Å². The van der Waals surface area contributed by atoms with Crippen LogP contribution in [0.5, 0.6) is 0 Å². The second-order valence-corrected chi connectivity index (χ2v) is 5.90. The van der Waals surface area contributed by atoms with Crippen molar-refractivity contribution in [1.29, 1.82) is 0 Å². The number of hydrogen-bond donors (Lipinski definition) is 1. The van der Waals surface area contributed by atoms with Crippen molar-refractivity contribution in [3.63, 3.8) is 0 Å². The number of nitrogens with zero attached hydrogens (tertiary/aromatic N) is 1. The predicted molar refractivity (Wildman–Crippen MR) is 76.4 cm³/mol. The minimum Gasteiger partial charge on any atom is -0.389 e. The van der Waals surface area contributed by atoms with E-state index in [2.05, 4.69) is 20.9 Å². The van der Waals surface area contributed by atoms with Crippen molar-refractivity contribution in [3.8, 4) is 0 Å². The lowest BCUT2D eigenvalue weighted by molar-refractivity contribution is 0.0607. The number of rotatable bonds is 4. The summed E-state index contributed by atoms with van der Waals surface area (Å²) in [7, 11) is 0. The lowest BCUT2D eigenvalue weighted by atomic mass is 9.90. The molecule has 0 fully saturated rings. The van der Waals surface area contributed by atoms with Gasteiger partial charge in [0.1, 0.15) is 5.82 Å². The lowest BCUT2D eigenvalue weighted by Gasteiger charge is -2.23. The number of halogens is 2. The molecule has 1 N–H and O–H groups in total. The van der Waals surface area contributed by atoms with Crippen molar-refractivity contribution < 1.29 is 9.50 Å². The van der Waals surface area contributed by atoms with Crippen LogP contribution in [0.25, 0.3) is 0 Å². The van der Waals surface area contributed by atoms with E-state index in [-0.39, 0.29) is 5.82 Å². The summed E-state index contributed by atoms with van der Waals surface area (Å²) in [6.45, 7) is 1.78. The molecular weight excluding hydrogens is 309 g/mol. The minimum absolute atomic E-state index is 0.264. The molecule has 19 heavy (non-hydrogen) atoms. The molecule has 0 bridgehead atoms. The molecule has 1 atom stereocenters. The van der Waals surface area contributed by atoms with Crippen molar-refractivity contribution in [1.82, 2.24) is 4.98 Å². The first-order chi connectivity index (χ1) is 8.94. The van der Waals surface area contributed by atoms with Gasteiger partial charge in [-0.2, -0.15) is 0 Å². The molecule has 1 heterocycles. The van der Waals surface area contributed by atoms with Crippen LogP contribution in [0, 0.1) is 5.82 Å². The SMILES string of the molecule is CC(O)(Cc1ccc(F)cc1)Cc1cncc(Br)c1. The maximum absolute atomic E-state index is 12.8. The van der Waals surface area contributed by atoms with Crippen molar-refractivity contribution in [2.75, 3.05) is 0 Å². The minimum atomic E-state index is -0.889. The third-order valence-electron chi connectivity index (χ3n) is 2.84. The maximum atomic E-state index is 12.8. The Balaban J connectivity index is 2.07. The van der Waals surface area contributed by atoms with Gasteiger partial charge in [-0.05, 0) is 52.2 Å². The molecule has 0 spiro atoms. The van der Waals surface area contributed by atoms with Gasteiger partial charge in [0, 0.05) is 29.7 Å². The zero-order valence-corrected chi connectivity index (χ0v) is 12.2. The van der Waals surface area contributed by atoms with Gasteiger partial charge in [0.25, 0.3) is 0 Å². The van der Waals surface area contributed by atoms with E-state index in [4.69, 9.17) is 0 Å². The zero-order valence-electron chi connectivity index (χ0n) is 10.6. The topological polar surface area (TPSA) is 33.1 Å². The Morgan fingerprint density at radius 1 is 1.16 bits per heavy atom. The van der Waals surface area contributed by atoms with E-state index in [9.17, 15) is 9.50 Å². The molecule has 1 unspecified atom stereocenters. The summed E-state index contributed by atoms with van der Waals surface area (Å²) in [6, 6.07) is 8.15. The van der Waals surface area contributed by atoms with Gasteiger partial charge in [0.05, 0.1) is 5.60 Å². The van der Waals surface area contributed by atoms with E-state index in [1.807, 2.05) is 6.07 Å². The molecule has 1 aromatic carbocycles. The van der Waals surface area contributed by atoms with Crippen LogP contribution in [0.3, 0.4) is 0 Å². The first kappa shape index (κ1) is 14.2. The summed E-state index contributed by atoms with van der Waals surface area (Å²) < 4.78 is 13.7. The summed E-state index contributed by atoms with van der Waals surface area (Å²) in [5.41, 5.74) is 0.983. The highest BCUT2D eigenvalue weighted by molar-refractivity contribution is 9.10. The smallest absolute Gasteiger partial charge is 0.123 e. The standard InChI is InChI=1S/C15H15BrFNO/c1-15(19,7-11-2-4-14(17)5-3-11)8-12-6-13(16)10-18-9-12/h2-6,9-10,19H,7-8H2,1H3. The largest absolute Gasteiger partial charge is 0.389 e. The maximum Gasteiger partial charge on any atom is 0.123 e. The van der Waals surface area contributed by atoms with E-state index in [0.717, 1.165) is 15.6 Å². The third kappa shape index (κ3) is 4.40. The highest BCUT2D eigenvalue weighted by Crippen LogP contribution is 2.20. The number of pyridine rings is 1. The van der Waals surface area contributed by atoms with Gasteiger partial charge < -0.3 is 5.11 Å². The fourth-order valence-electron chi connectivity index (χ4n) is 2.10. The van der Waals surface area contributed by atoms with Crippen LogP contribution in [0.4, 0.5) is 4.39 Å². The van der Waals surface area contributed by atoms with E-state index in [0.29, 0.717) is 12.8 Å². The van der Waals surface area contributed by atoms with E-state index in [1.165, 1.54) is 12.1 Å². The molecule has 0 saturated heterocycles. The number of aromatic nitrogens is 1. The molecule has 0 aliphatic rings. The second kappa shape index (κ2) is 5.80. The molecule has 0 aliphatic heterocycles. The lowest BCUT2D eigenvalue weighted by Crippen LogP contribution is -2.30. The Morgan fingerprint density at radius 3 is 2.42 bits per heavy atom. The van der Waals surface area contributed by atoms with Gasteiger partial charge in [0.2, 0.25) is 0 Å². The van der Waals surface area contributed by atoms with Crippen LogP contribution in [0.2, 0.25) is 0 Å². The van der Waals surface area contributed by atoms with Gasteiger partial charge in [-0.3, -0.25) is 4.98 Å². The average molecular weight is 324 g/mol. The van der Waals surface area contributed by atoms with Crippen LogP contribution in [0.15, 0.2) is 47.2 Å². The molecule has 100 valence electrons. The Kier molecular flexibility index (Phi) is 4.32. The summed E-state index contributed by atoms with van der Waals surface area (Å²) >= 11 is 3.36. The molecule has 0 aliphatic carbocycles. The van der Waals surface area contributed by atoms with E-state index < -0.39 is 5.60 Å². The number of hydrogen-bond acceptors (Lipinski definition) is 2. The Labute approximate surface area is 120 Å². The summed E-state index contributed by atoms with van der Waals surface area (Å²) in [4.78, 5) is 4.08. The molecular formula is C15H15BrFNO. The molecule has 2 nitrogen and oxygen atoms in total. The van der Waals surface area contributed by atoms with E-state index >= 15 is 0 Å². The van der Waals surface area contributed by atoms with Crippen LogP contribution in [-0.2, 0) is 12.8 Å². The molecule has 4 heteroatoms.